The summed E-state index contributed by atoms with van der Waals surface area (Å²) < 4.78 is 17.5. The second-order valence-corrected chi connectivity index (χ2v) is 10.9. The number of hydrogen-bond acceptors (Lipinski definition) is 6. The van der Waals surface area contributed by atoms with E-state index >= 15 is 0 Å². The first-order chi connectivity index (χ1) is 19.0. The molecule has 0 radical (unpaired) electrons. The number of methoxy groups -OCH3 is 1. The van der Waals surface area contributed by atoms with Gasteiger partial charge in [-0.3, -0.25) is 4.79 Å². The lowest BCUT2D eigenvalue weighted by Gasteiger charge is -2.37. The summed E-state index contributed by atoms with van der Waals surface area (Å²) in [7, 11) is 1.61. The molecule has 206 valence electrons. The predicted octanol–water partition coefficient (Wildman–Crippen LogP) is 5.28. The van der Waals surface area contributed by atoms with E-state index in [4.69, 9.17) is 14.2 Å². The summed E-state index contributed by atoms with van der Waals surface area (Å²) >= 11 is 1.71. The van der Waals surface area contributed by atoms with Crippen LogP contribution in [0.3, 0.4) is 0 Å². The first-order valence-corrected chi connectivity index (χ1v) is 14.3. The van der Waals surface area contributed by atoms with Crippen LogP contribution in [0.15, 0.2) is 60.0 Å². The number of aryl methyl sites for hydroxylation is 1. The van der Waals surface area contributed by atoms with Gasteiger partial charge in [0.1, 0.15) is 13.2 Å². The number of anilines is 1. The molecule has 9 heteroatoms. The van der Waals surface area contributed by atoms with Crippen LogP contribution in [0, 0.1) is 6.92 Å². The number of carbonyl (C=O) groups excluding carboxylic acids is 2. The Balaban J connectivity index is 1.33. The molecule has 2 atom stereocenters. The molecule has 0 spiro atoms. The molecule has 8 nitrogen and oxygen atoms in total. The average molecular weight is 550 g/mol. The number of benzene rings is 2. The van der Waals surface area contributed by atoms with Gasteiger partial charge in [0.25, 0.3) is 0 Å². The fourth-order valence-corrected chi connectivity index (χ4v) is 6.06. The second kappa shape index (κ2) is 12.5. The maximum Gasteiger partial charge on any atom is 0.322 e. The molecule has 3 aromatic rings. The molecule has 3 heterocycles. The number of nitrogens with zero attached hydrogens (tertiary/aromatic N) is 2. The number of thiophene rings is 1. The van der Waals surface area contributed by atoms with E-state index in [2.05, 4.69) is 16.8 Å². The van der Waals surface area contributed by atoms with Crippen LogP contribution in [-0.2, 0) is 16.0 Å². The normalized spacial score (nSPS) is 18.4. The summed E-state index contributed by atoms with van der Waals surface area (Å²) in [5.41, 5.74) is 2.90. The molecule has 2 aromatic carbocycles. The lowest BCUT2D eigenvalue weighted by molar-refractivity contribution is -0.135. The maximum atomic E-state index is 13.8. The monoisotopic (exact) mass is 549 g/mol. The molecule has 1 aromatic heterocycles. The Hall–Kier alpha value is -3.56. The van der Waals surface area contributed by atoms with E-state index < -0.39 is 0 Å². The van der Waals surface area contributed by atoms with Gasteiger partial charge >= 0.3 is 6.03 Å². The van der Waals surface area contributed by atoms with Gasteiger partial charge in [0.2, 0.25) is 5.91 Å². The van der Waals surface area contributed by atoms with Crippen LogP contribution in [0.5, 0.6) is 11.5 Å². The quantitative estimate of drug-likeness (QED) is 0.393. The van der Waals surface area contributed by atoms with Crippen molar-refractivity contribution in [1.82, 2.24) is 9.80 Å². The highest BCUT2D eigenvalue weighted by atomic mass is 32.1. The summed E-state index contributed by atoms with van der Waals surface area (Å²) in [5.74, 6) is 1.16. The summed E-state index contributed by atoms with van der Waals surface area (Å²) in [6.45, 7) is 3.86. The van der Waals surface area contributed by atoms with E-state index in [0.29, 0.717) is 36.9 Å². The fraction of sp³-hybridized carbons (Fsp3) is 0.400. The SMILES string of the molecule is COc1ccccc1OCC1c2ccsc2CCN1C(=O)CN(CC1CCCO1)C(=O)Nc1ccc(C)cc1. The van der Waals surface area contributed by atoms with Gasteiger partial charge in [-0.25, -0.2) is 4.79 Å². The fourth-order valence-electron chi connectivity index (χ4n) is 5.13. The summed E-state index contributed by atoms with van der Waals surface area (Å²) in [6, 6.07) is 16.6. The highest BCUT2D eigenvalue weighted by Crippen LogP contribution is 2.35. The zero-order chi connectivity index (χ0) is 27.2. The summed E-state index contributed by atoms with van der Waals surface area (Å²) in [5, 5.41) is 5.02. The molecule has 0 aliphatic carbocycles. The van der Waals surface area contributed by atoms with Crippen LogP contribution in [0.2, 0.25) is 0 Å². The van der Waals surface area contributed by atoms with Crippen molar-refractivity contribution in [2.75, 3.05) is 45.3 Å². The van der Waals surface area contributed by atoms with E-state index in [0.717, 1.165) is 30.4 Å². The van der Waals surface area contributed by atoms with Crippen molar-refractivity contribution in [3.63, 3.8) is 0 Å². The van der Waals surface area contributed by atoms with Gasteiger partial charge in [0.15, 0.2) is 11.5 Å². The van der Waals surface area contributed by atoms with E-state index in [-0.39, 0.29) is 37.2 Å². The number of para-hydroxylation sites is 2. The van der Waals surface area contributed by atoms with Crippen molar-refractivity contribution >= 4 is 29.0 Å². The lowest BCUT2D eigenvalue weighted by atomic mass is 10.0. The number of rotatable bonds is 9. The molecule has 2 unspecified atom stereocenters. The molecule has 0 saturated carbocycles. The van der Waals surface area contributed by atoms with Gasteiger partial charge in [0.05, 0.1) is 19.3 Å². The van der Waals surface area contributed by atoms with Crippen molar-refractivity contribution in [1.29, 1.82) is 0 Å². The van der Waals surface area contributed by atoms with Gasteiger partial charge in [-0.2, -0.15) is 0 Å². The number of fused-ring (bicyclic) bond motifs is 1. The van der Waals surface area contributed by atoms with Gasteiger partial charge in [-0.1, -0.05) is 29.8 Å². The van der Waals surface area contributed by atoms with Gasteiger partial charge < -0.3 is 29.3 Å². The number of urea groups is 1. The minimum absolute atomic E-state index is 0.0395. The molecule has 2 aliphatic heterocycles. The van der Waals surface area contributed by atoms with E-state index in [1.54, 1.807) is 23.3 Å². The van der Waals surface area contributed by atoms with Crippen LogP contribution < -0.4 is 14.8 Å². The summed E-state index contributed by atoms with van der Waals surface area (Å²) in [4.78, 5) is 31.9. The number of amides is 3. The van der Waals surface area contributed by atoms with Crippen molar-refractivity contribution in [3.8, 4) is 11.5 Å². The van der Waals surface area contributed by atoms with Crippen LogP contribution in [0.4, 0.5) is 10.5 Å². The standard InChI is InChI=1S/C30H35N3O5S/c1-21-9-11-22(12-10-21)31-30(35)32(18-23-6-5-16-37-23)19-29(34)33-15-13-28-24(14-17-39-28)25(33)20-38-27-8-4-3-7-26(27)36-2/h3-4,7-12,14,17,23,25H,5-6,13,15-16,18-20H2,1-2H3,(H,31,35). The maximum absolute atomic E-state index is 13.8. The molecule has 39 heavy (non-hydrogen) atoms. The Morgan fingerprint density at radius 1 is 1.13 bits per heavy atom. The first kappa shape index (κ1) is 27.0. The molecule has 0 bridgehead atoms. The third-order valence-corrected chi connectivity index (χ3v) is 8.24. The van der Waals surface area contributed by atoms with E-state index in [1.165, 1.54) is 4.88 Å². The molecule has 1 fully saturated rings. The third kappa shape index (κ3) is 6.54. The van der Waals surface area contributed by atoms with Crippen LogP contribution in [-0.4, -0.2) is 67.8 Å². The zero-order valence-corrected chi connectivity index (χ0v) is 23.2. The highest BCUT2D eigenvalue weighted by Gasteiger charge is 2.34. The largest absolute Gasteiger partial charge is 0.493 e. The summed E-state index contributed by atoms with van der Waals surface area (Å²) in [6.07, 6.45) is 2.54. The van der Waals surface area contributed by atoms with Crippen molar-refractivity contribution in [2.24, 2.45) is 0 Å². The average Bonchev–Trinajstić information content (AvgIpc) is 3.65. The third-order valence-electron chi connectivity index (χ3n) is 7.25. The number of nitrogens with one attached hydrogen (secondary N) is 1. The van der Waals surface area contributed by atoms with E-state index in [1.807, 2.05) is 60.4 Å². The van der Waals surface area contributed by atoms with Crippen LogP contribution >= 0.6 is 11.3 Å². The number of hydrogen-bond donors (Lipinski definition) is 1. The topological polar surface area (TPSA) is 80.3 Å². The molecule has 1 N–H and O–H groups in total. The second-order valence-electron chi connectivity index (χ2n) is 9.93. The van der Waals surface area contributed by atoms with Crippen LogP contribution in [0.1, 0.15) is 34.9 Å². The Morgan fingerprint density at radius 2 is 1.92 bits per heavy atom. The predicted molar refractivity (Wildman–Crippen MR) is 152 cm³/mol. The van der Waals surface area contributed by atoms with Gasteiger partial charge in [-0.15, -0.1) is 11.3 Å². The Bertz CT molecular complexity index is 1270. The Kier molecular flexibility index (Phi) is 8.68. The minimum atomic E-state index is -0.308. The molecule has 3 amide bonds. The Labute approximate surface area is 233 Å². The molecule has 2 aliphatic rings. The van der Waals surface area contributed by atoms with Crippen molar-refractivity contribution in [3.05, 3.63) is 76.0 Å². The van der Waals surface area contributed by atoms with Crippen molar-refractivity contribution < 1.29 is 23.8 Å². The number of carbonyl (C=O) groups is 2. The zero-order valence-electron chi connectivity index (χ0n) is 22.4. The van der Waals surface area contributed by atoms with E-state index in [9.17, 15) is 9.59 Å². The number of ether oxygens (including phenoxy) is 3. The van der Waals surface area contributed by atoms with Crippen LogP contribution in [0.25, 0.3) is 0 Å². The molecular formula is C30H35N3O5S. The molecule has 5 rings (SSSR count). The smallest absolute Gasteiger partial charge is 0.322 e. The van der Waals surface area contributed by atoms with Crippen molar-refractivity contribution in [2.45, 2.75) is 38.3 Å². The van der Waals surface area contributed by atoms with Gasteiger partial charge in [0, 0.05) is 30.3 Å². The molecular weight excluding hydrogens is 514 g/mol. The minimum Gasteiger partial charge on any atom is -0.493 e. The lowest BCUT2D eigenvalue weighted by Crippen LogP contribution is -2.50. The molecule has 1 saturated heterocycles. The van der Waals surface area contributed by atoms with Gasteiger partial charge in [-0.05, 0) is 67.5 Å². The highest BCUT2D eigenvalue weighted by molar-refractivity contribution is 7.10. The Morgan fingerprint density at radius 3 is 2.67 bits per heavy atom. The first-order valence-electron chi connectivity index (χ1n) is 13.4.